The Morgan fingerprint density at radius 1 is 0.947 bits per heavy atom. The van der Waals surface area contributed by atoms with Crippen LogP contribution in [-0.4, -0.2) is 11.1 Å². The average molecular weight is 248 g/mol. The molecule has 2 aromatic rings. The van der Waals surface area contributed by atoms with Crippen LogP contribution in [0.15, 0.2) is 66.7 Å². The summed E-state index contributed by atoms with van der Waals surface area (Å²) in [5, 5.41) is 8.90. The van der Waals surface area contributed by atoms with Gasteiger partial charge in [-0.3, -0.25) is 0 Å². The van der Waals surface area contributed by atoms with Crippen LogP contribution < -0.4 is 0 Å². The molecule has 92 valence electrons. The summed E-state index contributed by atoms with van der Waals surface area (Å²) in [7, 11) is 0. The Balaban J connectivity index is 2.37. The first-order chi connectivity index (χ1) is 9.25. The third kappa shape index (κ3) is 3.86. The van der Waals surface area contributed by atoms with Crippen molar-refractivity contribution in [3.63, 3.8) is 0 Å². The summed E-state index contributed by atoms with van der Waals surface area (Å²) in [5.74, 6) is 4.88. The molecule has 0 unspecified atom stereocenters. The van der Waals surface area contributed by atoms with E-state index in [9.17, 15) is 4.79 Å². The van der Waals surface area contributed by atoms with E-state index in [4.69, 9.17) is 5.11 Å². The number of carboxylic acid groups (broad SMARTS) is 1. The summed E-state index contributed by atoms with van der Waals surface area (Å²) in [6.07, 6.45) is 1.13. The molecule has 0 saturated heterocycles. The van der Waals surface area contributed by atoms with Gasteiger partial charge in [-0.05, 0) is 17.7 Å². The van der Waals surface area contributed by atoms with E-state index in [0.29, 0.717) is 5.57 Å². The summed E-state index contributed by atoms with van der Waals surface area (Å²) in [4.78, 5) is 10.9. The number of hydrogen-bond acceptors (Lipinski definition) is 1. The second-order valence-electron chi connectivity index (χ2n) is 3.88. The Hall–Kier alpha value is -2.79. The molecular formula is C17H12O2. The van der Waals surface area contributed by atoms with Gasteiger partial charge < -0.3 is 5.11 Å². The molecule has 0 spiro atoms. The summed E-state index contributed by atoms with van der Waals surface area (Å²) in [5.41, 5.74) is 2.15. The van der Waals surface area contributed by atoms with Gasteiger partial charge in [0, 0.05) is 17.2 Å². The number of allylic oxidation sites excluding steroid dienone is 1. The molecule has 0 aliphatic carbocycles. The fourth-order valence-electron chi connectivity index (χ4n) is 1.59. The Morgan fingerprint density at radius 3 is 2.11 bits per heavy atom. The van der Waals surface area contributed by atoms with Crippen molar-refractivity contribution in [1.82, 2.24) is 0 Å². The Kier molecular flexibility index (Phi) is 4.15. The predicted octanol–water partition coefficient (Wildman–Crippen LogP) is 3.21. The molecule has 0 radical (unpaired) electrons. The second kappa shape index (κ2) is 6.23. The fraction of sp³-hybridized carbons (Fsp3) is 0. The van der Waals surface area contributed by atoms with E-state index in [0.717, 1.165) is 17.2 Å². The highest BCUT2D eigenvalue weighted by molar-refractivity contribution is 5.95. The molecule has 0 heterocycles. The average Bonchev–Trinajstić information content (AvgIpc) is 2.45. The van der Waals surface area contributed by atoms with Gasteiger partial charge in [0.1, 0.15) is 0 Å². The van der Waals surface area contributed by atoms with E-state index in [2.05, 4.69) is 11.8 Å². The first-order valence-electron chi connectivity index (χ1n) is 5.83. The molecule has 2 rings (SSSR count). The lowest BCUT2D eigenvalue weighted by molar-refractivity contribution is -0.131. The Labute approximate surface area is 112 Å². The standard InChI is InChI=1S/C17H12O2/c18-17(19)13-16(15-9-5-2-6-10-15)12-11-14-7-3-1-4-8-14/h1-10,13H,(H,18,19)/b16-13+. The second-order valence-corrected chi connectivity index (χ2v) is 3.88. The number of carboxylic acids is 1. The van der Waals surface area contributed by atoms with E-state index in [1.807, 2.05) is 60.7 Å². The van der Waals surface area contributed by atoms with Gasteiger partial charge in [0.15, 0.2) is 0 Å². The first-order valence-corrected chi connectivity index (χ1v) is 5.83. The van der Waals surface area contributed by atoms with E-state index in [1.54, 1.807) is 0 Å². The number of benzene rings is 2. The maximum absolute atomic E-state index is 10.9. The molecule has 2 nitrogen and oxygen atoms in total. The van der Waals surface area contributed by atoms with Crippen LogP contribution in [-0.2, 0) is 4.79 Å². The summed E-state index contributed by atoms with van der Waals surface area (Å²) >= 11 is 0. The molecule has 1 N–H and O–H groups in total. The molecule has 0 aliphatic heterocycles. The maximum Gasteiger partial charge on any atom is 0.329 e. The summed E-state index contributed by atoms with van der Waals surface area (Å²) in [6, 6.07) is 18.8. The minimum absolute atomic E-state index is 0.497. The first kappa shape index (κ1) is 12.7. The van der Waals surface area contributed by atoms with Crippen LogP contribution in [0.25, 0.3) is 5.57 Å². The zero-order valence-electron chi connectivity index (χ0n) is 10.2. The smallest absolute Gasteiger partial charge is 0.329 e. The lowest BCUT2D eigenvalue weighted by Crippen LogP contribution is -1.91. The highest BCUT2D eigenvalue weighted by Crippen LogP contribution is 2.13. The minimum Gasteiger partial charge on any atom is -0.478 e. The third-order valence-corrected chi connectivity index (χ3v) is 2.47. The van der Waals surface area contributed by atoms with Crippen LogP contribution in [0.2, 0.25) is 0 Å². The molecule has 0 fully saturated rings. The van der Waals surface area contributed by atoms with Crippen molar-refractivity contribution >= 4 is 11.5 Å². The zero-order chi connectivity index (χ0) is 13.5. The quantitative estimate of drug-likeness (QED) is 0.654. The lowest BCUT2D eigenvalue weighted by atomic mass is 10.1. The summed E-state index contributed by atoms with van der Waals surface area (Å²) in [6.45, 7) is 0. The minimum atomic E-state index is -0.999. The van der Waals surface area contributed by atoms with Crippen LogP contribution >= 0.6 is 0 Å². The van der Waals surface area contributed by atoms with Gasteiger partial charge in [0.05, 0.1) is 0 Å². The summed E-state index contributed by atoms with van der Waals surface area (Å²) < 4.78 is 0. The number of rotatable bonds is 2. The van der Waals surface area contributed by atoms with Crippen LogP contribution in [0.3, 0.4) is 0 Å². The highest BCUT2D eigenvalue weighted by atomic mass is 16.4. The molecule has 0 aliphatic rings. The van der Waals surface area contributed by atoms with E-state index >= 15 is 0 Å². The zero-order valence-corrected chi connectivity index (χ0v) is 10.2. The molecule has 2 heteroatoms. The van der Waals surface area contributed by atoms with Gasteiger partial charge in [0.25, 0.3) is 0 Å². The predicted molar refractivity (Wildman–Crippen MR) is 75.4 cm³/mol. The topological polar surface area (TPSA) is 37.3 Å². The SMILES string of the molecule is O=C(O)/C=C(\C#Cc1ccccc1)c1ccccc1. The number of aliphatic carboxylic acids is 1. The molecule has 0 saturated carbocycles. The largest absolute Gasteiger partial charge is 0.478 e. The molecular weight excluding hydrogens is 236 g/mol. The van der Waals surface area contributed by atoms with Crippen LogP contribution in [0.5, 0.6) is 0 Å². The molecule has 0 aromatic heterocycles. The van der Waals surface area contributed by atoms with E-state index < -0.39 is 5.97 Å². The van der Waals surface area contributed by atoms with Gasteiger partial charge in [-0.1, -0.05) is 60.4 Å². The highest BCUT2D eigenvalue weighted by Gasteiger charge is 2.00. The maximum atomic E-state index is 10.9. The molecule has 0 bridgehead atoms. The lowest BCUT2D eigenvalue weighted by Gasteiger charge is -1.98. The van der Waals surface area contributed by atoms with Crippen molar-refractivity contribution in [2.24, 2.45) is 0 Å². The molecule has 2 aromatic carbocycles. The van der Waals surface area contributed by atoms with Crippen molar-refractivity contribution < 1.29 is 9.90 Å². The van der Waals surface area contributed by atoms with Gasteiger partial charge >= 0.3 is 5.97 Å². The van der Waals surface area contributed by atoms with Crippen molar-refractivity contribution in [2.45, 2.75) is 0 Å². The van der Waals surface area contributed by atoms with E-state index in [1.165, 1.54) is 0 Å². The van der Waals surface area contributed by atoms with Crippen LogP contribution in [0.4, 0.5) is 0 Å². The number of carbonyl (C=O) groups is 1. The Bertz CT molecular complexity index is 644. The molecule has 0 atom stereocenters. The monoisotopic (exact) mass is 248 g/mol. The molecule has 19 heavy (non-hydrogen) atoms. The van der Waals surface area contributed by atoms with Crippen molar-refractivity contribution in [2.75, 3.05) is 0 Å². The van der Waals surface area contributed by atoms with Crippen molar-refractivity contribution in [3.05, 3.63) is 77.9 Å². The van der Waals surface area contributed by atoms with Gasteiger partial charge in [-0.2, -0.15) is 0 Å². The van der Waals surface area contributed by atoms with Gasteiger partial charge in [0.2, 0.25) is 0 Å². The van der Waals surface area contributed by atoms with Crippen molar-refractivity contribution in [1.29, 1.82) is 0 Å². The van der Waals surface area contributed by atoms with Crippen LogP contribution in [0, 0.1) is 11.8 Å². The van der Waals surface area contributed by atoms with Gasteiger partial charge in [-0.15, -0.1) is 0 Å². The third-order valence-electron chi connectivity index (χ3n) is 2.47. The molecule has 0 amide bonds. The Morgan fingerprint density at radius 2 is 1.53 bits per heavy atom. The van der Waals surface area contributed by atoms with Crippen LogP contribution in [0.1, 0.15) is 11.1 Å². The van der Waals surface area contributed by atoms with Crippen molar-refractivity contribution in [3.8, 4) is 11.8 Å². The van der Waals surface area contributed by atoms with E-state index in [-0.39, 0.29) is 0 Å². The number of hydrogen-bond donors (Lipinski definition) is 1. The fourth-order valence-corrected chi connectivity index (χ4v) is 1.59. The normalized spacial score (nSPS) is 10.4. The van der Waals surface area contributed by atoms with Gasteiger partial charge in [-0.25, -0.2) is 4.79 Å².